The predicted molar refractivity (Wildman–Crippen MR) is 48.6 cm³/mol. The van der Waals surface area contributed by atoms with Crippen molar-refractivity contribution >= 4 is 0 Å². The first-order valence-corrected chi connectivity index (χ1v) is 3.47. The Morgan fingerprint density at radius 1 is 1.27 bits per heavy atom. The van der Waals surface area contributed by atoms with Gasteiger partial charge in [0.2, 0.25) is 0 Å². The molecule has 0 unspecified atom stereocenters. The van der Waals surface area contributed by atoms with E-state index in [0.717, 1.165) is 5.70 Å². The van der Waals surface area contributed by atoms with E-state index in [9.17, 15) is 0 Å². The zero-order valence-electron chi connectivity index (χ0n) is 6.40. The smallest absolute Gasteiger partial charge is 0.0448 e. The second-order valence-corrected chi connectivity index (χ2v) is 2.12. The molecule has 1 rings (SSSR count). The summed E-state index contributed by atoms with van der Waals surface area (Å²) in [6, 6.07) is 0. The summed E-state index contributed by atoms with van der Waals surface area (Å²) in [6.07, 6.45) is 13.3. The van der Waals surface area contributed by atoms with Crippen LogP contribution in [-0.2, 0) is 0 Å². The minimum absolute atomic E-state index is 1.08. The molecule has 0 aliphatic carbocycles. The van der Waals surface area contributed by atoms with E-state index in [1.165, 1.54) is 0 Å². The lowest BCUT2D eigenvalue weighted by Crippen LogP contribution is -2.08. The highest BCUT2D eigenvalue weighted by atomic mass is 15.1. The van der Waals surface area contributed by atoms with Gasteiger partial charge in [0.15, 0.2) is 0 Å². The summed E-state index contributed by atoms with van der Waals surface area (Å²) in [5.74, 6) is 0. The summed E-state index contributed by atoms with van der Waals surface area (Å²) < 4.78 is 0. The van der Waals surface area contributed by atoms with Crippen molar-refractivity contribution < 1.29 is 0 Å². The first kappa shape index (κ1) is 7.61. The fourth-order valence-corrected chi connectivity index (χ4v) is 0.897. The van der Waals surface area contributed by atoms with Crippen molar-refractivity contribution in [3.05, 3.63) is 61.6 Å². The van der Waals surface area contributed by atoms with Crippen LogP contribution in [0.15, 0.2) is 61.6 Å². The standard InChI is InChI=1S/C10H11N/c1-3-7-10-8-5-6-9-11(10)4-2/h3-9H,1-2H2/b10-7-. The zero-order valence-corrected chi connectivity index (χ0v) is 6.40. The number of allylic oxidation sites excluding steroid dienone is 5. The molecule has 0 fully saturated rings. The van der Waals surface area contributed by atoms with Gasteiger partial charge < -0.3 is 4.90 Å². The lowest BCUT2D eigenvalue weighted by molar-refractivity contribution is 0.648. The Morgan fingerprint density at radius 3 is 2.73 bits per heavy atom. The Morgan fingerprint density at radius 2 is 2.09 bits per heavy atom. The Labute approximate surface area is 67.3 Å². The van der Waals surface area contributed by atoms with Crippen LogP contribution in [0.1, 0.15) is 0 Å². The van der Waals surface area contributed by atoms with Gasteiger partial charge >= 0.3 is 0 Å². The van der Waals surface area contributed by atoms with E-state index >= 15 is 0 Å². The van der Waals surface area contributed by atoms with E-state index in [0.29, 0.717) is 0 Å². The Bertz CT molecular complexity index is 244. The van der Waals surface area contributed by atoms with Crippen molar-refractivity contribution in [3.63, 3.8) is 0 Å². The van der Waals surface area contributed by atoms with Gasteiger partial charge in [-0.2, -0.15) is 0 Å². The van der Waals surface area contributed by atoms with Crippen LogP contribution in [0.4, 0.5) is 0 Å². The predicted octanol–water partition coefficient (Wildman–Crippen LogP) is 2.59. The van der Waals surface area contributed by atoms with Gasteiger partial charge in [-0.25, -0.2) is 0 Å². The highest BCUT2D eigenvalue weighted by Gasteiger charge is 1.99. The Kier molecular flexibility index (Phi) is 2.50. The normalized spacial score (nSPS) is 18.9. The summed E-state index contributed by atoms with van der Waals surface area (Å²) in [7, 11) is 0. The Balaban J connectivity index is 2.86. The molecule has 0 aromatic rings. The van der Waals surface area contributed by atoms with Gasteiger partial charge in [0.25, 0.3) is 0 Å². The largest absolute Gasteiger partial charge is 0.324 e. The molecule has 1 aliphatic rings. The fraction of sp³-hybridized carbons (Fsp3) is 0. The summed E-state index contributed by atoms with van der Waals surface area (Å²) in [5, 5.41) is 0. The quantitative estimate of drug-likeness (QED) is 0.577. The molecular formula is C10H11N. The molecule has 0 aromatic heterocycles. The number of nitrogens with zero attached hydrogens (tertiary/aromatic N) is 1. The lowest BCUT2D eigenvalue weighted by atomic mass is 10.2. The molecule has 0 saturated heterocycles. The average molecular weight is 145 g/mol. The van der Waals surface area contributed by atoms with Gasteiger partial charge in [-0.1, -0.05) is 25.3 Å². The van der Waals surface area contributed by atoms with Crippen LogP contribution in [-0.4, -0.2) is 4.90 Å². The Hall–Kier alpha value is -1.50. The van der Waals surface area contributed by atoms with Crippen LogP contribution in [0.3, 0.4) is 0 Å². The van der Waals surface area contributed by atoms with Gasteiger partial charge in [-0.3, -0.25) is 0 Å². The second-order valence-electron chi connectivity index (χ2n) is 2.12. The van der Waals surface area contributed by atoms with Gasteiger partial charge in [-0.15, -0.1) is 0 Å². The van der Waals surface area contributed by atoms with Gasteiger partial charge in [0.1, 0.15) is 0 Å². The molecule has 11 heavy (non-hydrogen) atoms. The van der Waals surface area contributed by atoms with E-state index in [1.54, 1.807) is 12.3 Å². The monoisotopic (exact) mass is 145 g/mol. The first-order valence-electron chi connectivity index (χ1n) is 3.47. The van der Waals surface area contributed by atoms with Gasteiger partial charge in [0.05, 0.1) is 0 Å². The van der Waals surface area contributed by atoms with E-state index in [2.05, 4.69) is 13.2 Å². The molecule has 0 spiro atoms. The van der Waals surface area contributed by atoms with Gasteiger partial charge in [-0.05, 0) is 18.2 Å². The molecule has 0 bridgehead atoms. The molecule has 56 valence electrons. The average Bonchev–Trinajstić information content (AvgIpc) is 2.06. The molecule has 1 heteroatoms. The molecule has 0 radical (unpaired) electrons. The molecule has 0 amide bonds. The molecule has 0 aromatic carbocycles. The fourth-order valence-electron chi connectivity index (χ4n) is 0.897. The summed E-state index contributed by atoms with van der Waals surface area (Å²) in [5.41, 5.74) is 1.08. The van der Waals surface area contributed by atoms with E-state index in [-0.39, 0.29) is 0 Å². The topological polar surface area (TPSA) is 3.24 Å². The van der Waals surface area contributed by atoms with Crippen molar-refractivity contribution in [3.8, 4) is 0 Å². The molecule has 0 saturated carbocycles. The van der Waals surface area contributed by atoms with Crippen LogP contribution in [0, 0.1) is 0 Å². The highest BCUT2D eigenvalue weighted by molar-refractivity contribution is 5.31. The van der Waals surface area contributed by atoms with E-state index in [1.807, 2.05) is 35.4 Å². The van der Waals surface area contributed by atoms with Crippen LogP contribution in [0.2, 0.25) is 0 Å². The number of hydrogen-bond donors (Lipinski definition) is 0. The van der Waals surface area contributed by atoms with Crippen LogP contribution >= 0.6 is 0 Å². The van der Waals surface area contributed by atoms with Crippen LogP contribution in [0.25, 0.3) is 0 Å². The van der Waals surface area contributed by atoms with E-state index in [4.69, 9.17) is 0 Å². The molecule has 0 atom stereocenters. The molecule has 1 aliphatic heterocycles. The molecule has 1 nitrogen and oxygen atoms in total. The third-order valence-corrected chi connectivity index (χ3v) is 1.41. The first-order chi connectivity index (χ1) is 5.38. The van der Waals surface area contributed by atoms with Crippen LogP contribution < -0.4 is 0 Å². The third-order valence-electron chi connectivity index (χ3n) is 1.41. The van der Waals surface area contributed by atoms with Gasteiger partial charge in [0, 0.05) is 18.1 Å². The maximum atomic E-state index is 3.68. The summed E-state index contributed by atoms with van der Waals surface area (Å²) >= 11 is 0. The molecular weight excluding hydrogens is 134 g/mol. The van der Waals surface area contributed by atoms with Crippen molar-refractivity contribution in [2.75, 3.05) is 0 Å². The van der Waals surface area contributed by atoms with Crippen molar-refractivity contribution in [1.82, 2.24) is 4.90 Å². The third kappa shape index (κ3) is 1.71. The maximum Gasteiger partial charge on any atom is 0.0448 e. The van der Waals surface area contributed by atoms with Crippen molar-refractivity contribution in [2.45, 2.75) is 0 Å². The van der Waals surface area contributed by atoms with Crippen molar-refractivity contribution in [2.24, 2.45) is 0 Å². The zero-order chi connectivity index (χ0) is 8.10. The second kappa shape index (κ2) is 3.62. The minimum atomic E-state index is 1.08. The van der Waals surface area contributed by atoms with E-state index < -0.39 is 0 Å². The minimum Gasteiger partial charge on any atom is -0.324 e. The number of rotatable bonds is 2. The maximum absolute atomic E-state index is 3.68. The summed E-state index contributed by atoms with van der Waals surface area (Å²) in [4.78, 5) is 1.93. The van der Waals surface area contributed by atoms with Crippen molar-refractivity contribution in [1.29, 1.82) is 0 Å². The SMILES string of the molecule is C=C/C=C1/C=CC=CN1C=C. The lowest BCUT2D eigenvalue weighted by Gasteiger charge is -2.17. The number of hydrogen-bond acceptors (Lipinski definition) is 1. The van der Waals surface area contributed by atoms with Crippen LogP contribution in [0.5, 0.6) is 0 Å². The molecule has 0 N–H and O–H groups in total. The highest BCUT2D eigenvalue weighted by Crippen LogP contribution is 2.11. The molecule has 1 heterocycles. The summed E-state index contributed by atoms with van der Waals surface area (Å²) in [6.45, 7) is 7.31.